The molecule has 100 valence electrons. The number of alkyl halides is 3. The fourth-order valence-electron chi connectivity index (χ4n) is 1.06. The summed E-state index contributed by atoms with van der Waals surface area (Å²) in [6.45, 7) is -1.06. The number of carboxylic acid groups (broad SMARTS) is 1. The monoisotopic (exact) mass is 328 g/mol. The molecule has 2 N–H and O–H groups in total. The molecule has 0 aromatic heterocycles. The number of ether oxygens (including phenoxy) is 1. The van der Waals surface area contributed by atoms with Gasteiger partial charge >= 0.3 is 12.1 Å². The maximum absolute atomic E-state index is 12.0. The second kappa shape index (κ2) is 5.57. The molecule has 0 bridgehead atoms. The lowest BCUT2D eigenvalue weighted by Crippen LogP contribution is -2.34. The minimum Gasteiger partial charge on any atom is -0.490 e. The molecule has 8 heteroatoms. The summed E-state index contributed by atoms with van der Waals surface area (Å²) in [7, 11) is 0. The second-order valence-electron chi connectivity index (χ2n) is 3.31. The van der Waals surface area contributed by atoms with Crippen molar-refractivity contribution in [3.8, 4) is 5.75 Å². The number of aromatic carboxylic acids is 1. The van der Waals surface area contributed by atoms with E-state index in [0.717, 1.165) is 0 Å². The fourth-order valence-corrected chi connectivity index (χ4v) is 1.42. The maximum atomic E-state index is 12.0. The fraction of sp³-hybridized carbons (Fsp3) is 0.300. The van der Waals surface area contributed by atoms with Crippen molar-refractivity contribution in [3.05, 3.63) is 28.2 Å². The molecule has 0 heterocycles. The summed E-state index contributed by atoms with van der Waals surface area (Å²) >= 11 is 3.03. The lowest BCUT2D eigenvalue weighted by atomic mass is 10.2. The first-order chi connectivity index (χ1) is 8.21. The zero-order valence-corrected chi connectivity index (χ0v) is 10.3. The Hall–Kier alpha value is -1.28. The summed E-state index contributed by atoms with van der Waals surface area (Å²) in [5, 5.41) is 17.6. The molecule has 1 aromatic rings. The van der Waals surface area contributed by atoms with Crippen molar-refractivity contribution in [2.45, 2.75) is 12.3 Å². The van der Waals surface area contributed by atoms with E-state index < -0.39 is 24.9 Å². The Bertz CT molecular complexity index is 447. The number of hydrogen-bond donors (Lipinski definition) is 2. The van der Waals surface area contributed by atoms with Crippen LogP contribution in [0.15, 0.2) is 22.7 Å². The number of halogens is 4. The molecule has 1 aromatic carbocycles. The molecular weight excluding hydrogens is 321 g/mol. The first kappa shape index (κ1) is 14.8. The lowest BCUT2D eigenvalue weighted by molar-refractivity contribution is -0.210. The number of aliphatic hydroxyl groups excluding tert-OH is 1. The molecule has 1 atom stereocenters. The van der Waals surface area contributed by atoms with Crippen LogP contribution < -0.4 is 4.74 Å². The van der Waals surface area contributed by atoms with Crippen molar-refractivity contribution in [1.29, 1.82) is 0 Å². The Balaban J connectivity index is 2.82. The highest BCUT2D eigenvalue weighted by molar-refractivity contribution is 9.10. The summed E-state index contributed by atoms with van der Waals surface area (Å²) in [6.07, 6.45) is -7.47. The highest BCUT2D eigenvalue weighted by Crippen LogP contribution is 2.25. The van der Waals surface area contributed by atoms with Crippen LogP contribution in [0.3, 0.4) is 0 Å². The SMILES string of the molecule is O=C(O)c1cc(Br)ccc1OCC(O)C(F)(F)F. The first-order valence-corrected chi connectivity index (χ1v) is 5.41. The predicted molar refractivity (Wildman–Crippen MR) is 58.7 cm³/mol. The van der Waals surface area contributed by atoms with Gasteiger partial charge in [-0.15, -0.1) is 0 Å². The van der Waals surface area contributed by atoms with Crippen molar-refractivity contribution in [3.63, 3.8) is 0 Å². The molecule has 0 aliphatic carbocycles. The van der Waals surface area contributed by atoms with Crippen LogP contribution in [-0.4, -0.2) is 35.1 Å². The topological polar surface area (TPSA) is 66.8 Å². The molecule has 0 saturated carbocycles. The molecule has 1 unspecified atom stereocenters. The third kappa shape index (κ3) is 3.88. The molecule has 0 aliphatic rings. The smallest absolute Gasteiger partial charge is 0.417 e. The van der Waals surface area contributed by atoms with Gasteiger partial charge in [-0.1, -0.05) is 15.9 Å². The van der Waals surface area contributed by atoms with Gasteiger partial charge in [0, 0.05) is 4.47 Å². The van der Waals surface area contributed by atoms with Gasteiger partial charge in [-0.3, -0.25) is 0 Å². The Morgan fingerprint density at radius 1 is 1.44 bits per heavy atom. The van der Waals surface area contributed by atoms with Crippen molar-refractivity contribution in [2.24, 2.45) is 0 Å². The highest BCUT2D eigenvalue weighted by Gasteiger charge is 2.38. The van der Waals surface area contributed by atoms with Gasteiger partial charge < -0.3 is 14.9 Å². The maximum Gasteiger partial charge on any atom is 0.417 e. The van der Waals surface area contributed by atoms with E-state index in [1.807, 2.05) is 0 Å². The molecule has 0 radical (unpaired) electrons. The Labute approximate surface area is 108 Å². The summed E-state index contributed by atoms with van der Waals surface area (Å²) in [6, 6.07) is 3.82. The highest BCUT2D eigenvalue weighted by atomic mass is 79.9. The quantitative estimate of drug-likeness (QED) is 0.891. The van der Waals surface area contributed by atoms with E-state index >= 15 is 0 Å². The molecule has 0 spiro atoms. The normalized spacial score (nSPS) is 13.2. The Morgan fingerprint density at radius 2 is 2.06 bits per heavy atom. The van der Waals surface area contributed by atoms with Gasteiger partial charge in [0.2, 0.25) is 0 Å². The van der Waals surface area contributed by atoms with Gasteiger partial charge in [0.1, 0.15) is 17.9 Å². The second-order valence-corrected chi connectivity index (χ2v) is 4.23. The van der Waals surface area contributed by atoms with Gasteiger partial charge in [-0.05, 0) is 18.2 Å². The van der Waals surface area contributed by atoms with E-state index in [1.165, 1.54) is 18.2 Å². The van der Waals surface area contributed by atoms with E-state index in [2.05, 4.69) is 20.7 Å². The van der Waals surface area contributed by atoms with Gasteiger partial charge in [0.25, 0.3) is 0 Å². The standard InChI is InChI=1S/C10H8BrF3O4/c11-5-1-2-7(6(3-5)9(16)17)18-4-8(15)10(12,13)14/h1-3,8,15H,4H2,(H,16,17). The van der Waals surface area contributed by atoms with Crippen LogP contribution in [0.4, 0.5) is 13.2 Å². The summed E-state index contributed by atoms with van der Waals surface area (Å²) < 4.78 is 41.2. The zero-order chi connectivity index (χ0) is 13.9. The van der Waals surface area contributed by atoms with Crippen LogP contribution in [-0.2, 0) is 0 Å². The van der Waals surface area contributed by atoms with Gasteiger partial charge in [0.15, 0.2) is 6.10 Å². The predicted octanol–water partition coefficient (Wildman–Crippen LogP) is 2.45. The van der Waals surface area contributed by atoms with Crippen LogP contribution in [0.5, 0.6) is 5.75 Å². The van der Waals surface area contributed by atoms with Crippen LogP contribution >= 0.6 is 15.9 Å². The molecule has 18 heavy (non-hydrogen) atoms. The first-order valence-electron chi connectivity index (χ1n) is 4.62. The molecule has 0 saturated heterocycles. The summed E-state index contributed by atoms with van der Waals surface area (Å²) in [5.41, 5.74) is -0.293. The molecule has 1 rings (SSSR count). The summed E-state index contributed by atoms with van der Waals surface area (Å²) in [5.74, 6) is -1.58. The number of rotatable bonds is 4. The van der Waals surface area contributed by atoms with Crippen LogP contribution in [0, 0.1) is 0 Å². The van der Waals surface area contributed by atoms with Crippen molar-refractivity contribution in [2.75, 3.05) is 6.61 Å². The molecule has 0 aliphatic heterocycles. The average Bonchev–Trinajstić information content (AvgIpc) is 2.25. The number of carbonyl (C=O) groups is 1. The number of aliphatic hydroxyl groups is 1. The number of carboxylic acids is 1. The third-order valence-corrected chi connectivity index (χ3v) is 2.44. The van der Waals surface area contributed by atoms with Crippen molar-refractivity contribution in [1.82, 2.24) is 0 Å². The Morgan fingerprint density at radius 3 is 2.56 bits per heavy atom. The van der Waals surface area contributed by atoms with E-state index in [4.69, 9.17) is 10.2 Å². The van der Waals surface area contributed by atoms with E-state index in [9.17, 15) is 18.0 Å². The molecular formula is C10H8BrF3O4. The lowest BCUT2D eigenvalue weighted by Gasteiger charge is -2.16. The minimum absolute atomic E-state index is 0.242. The van der Waals surface area contributed by atoms with Crippen LogP contribution in [0.25, 0.3) is 0 Å². The van der Waals surface area contributed by atoms with Crippen LogP contribution in [0.2, 0.25) is 0 Å². The molecule has 0 fully saturated rings. The van der Waals surface area contributed by atoms with Gasteiger partial charge in [-0.25, -0.2) is 4.79 Å². The van der Waals surface area contributed by atoms with Crippen molar-refractivity contribution >= 4 is 21.9 Å². The third-order valence-electron chi connectivity index (χ3n) is 1.95. The largest absolute Gasteiger partial charge is 0.490 e. The number of benzene rings is 1. The van der Waals surface area contributed by atoms with E-state index in [1.54, 1.807) is 0 Å². The average molecular weight is 329 g/mol. The van der Waals surface area contributed by atoms with Crippen LogP contribution in [0.1, 0.15) is 10.4 Å². The summed E-state index contributed by atoms with van der Waals surface area (Å²) in [4.78, 5) is 10.8. The van der Waals surface area contributed by atoms with Gasteiger partial charge in [0.05, 0.1) is 0 Å². The van der Waals surface area contributed by atoms with E-state index in [-0.39, 0.29) is 11.3 Å². The zero-order valence-electron chi connectivity index (χ0n) is 8.74. The molecule has 0 amide bonds. The van der Waals surface area contributed by atoms with Crippen molar-refractivity contribution < 1.29 is 32.9 Å². The number of hydrogen-bond acceptors (Lipinski definition) is 3. The Kier molecular flexibility index (Phi) is 4.58. The van der Waals surface area contributed by atoms with E-state index in [0.29, 0.717) is 4.47 Å². The van der Waals surface area contributed by atoms with Gasteiger partial charge in [-0.2, -0.15) is 13.2 Å². The molecule has 4 nitrogen and oxygen atoms in total. The minimum atomic E-state index is -4.81.